The molecule has 1 nitrogen and oxygen atoms in total. The Morgan fingerprint density at radius 3 is 2.88 bits per heavy atom. The lowest BCUT2D eigenvalue weighted by Crippen LogP contribution is -2.10. The fourth-order valence-corrected chi connectivity index (χ4v) is 2.88. The van der Waals surface area contributed by atoms with Gasteiger partial charge in [0.05, 0.1) is 0 Å². The monoisotopic (exact) mass is 302 g/mol. The first-order chi connectivity index (χ1) is 7.76. The molecule has 0 saturated carbocycles. The van der Waals surface area contributed by atoms with Gasteiger partial charge in [0.15, 0.2) is 0 Å². The molecule has 0 aliphatic rings. The van der Waals surface area contributed by atoms with E-state index in [9.17, 15) is 5.11 Å². The summed E-state index contributed by atoms with van der Waals surface area (Å²) in [6.45, 7) is 2.46. The van der Waals surface area contributed by atoms with Crippen LogP contribution in [0.3, 0.4) is 0 Å². The molecule has 0 aliphatic carbocycles. The Balaban J connectivity index is 2.43. The Morgan fingerprint density at radius 1 is 1.44 bits per heavy atom. The van der Waals surface area contributed by atoms with E-state index in [2.05, 4.69) is 41.1 Å². The number of thioether (sulfide) groups is 1. The molecule has 0 amide bonds. The van der Waals surface area contributed by atoms with Crippen LogP contribution in [-0.4, -0.2) is 23.2 Å². The molecular formula is C13H19BrOS. The first kappa shape index (κ1) is 14.1. The maximum Gasteiger partial charge on any atom is 0.0462 e. The lowest BCUT2D eigenvalue weighted by molar-refractivity contribution is 0.223. The van der Waals surface area contributed by atoms with Gasteiger partial charge in [-0.2, -0.15) is 11.8 Å². The maximum atomic E-state index is 9.34. The van der Waals surface area contributed by atoms with E-state index in [1.54, 1.807) is 0 Å². The van der Waals surface area contributed by atoms with Gasteiger partial charge in [-0.25, -0.2) is 0 Å². The summed E-state index contributed by atoms with van der Waals surface area (Å²) in [5, 5.41) is 9.34. The summed E-state index contributed by atoms with van der Waals surface area (Å²) in [4.78, 5) is 0. The predicted octanol–water partition coefficient (Wildman–Crippen LogP) is 3.74. The van der Waals surface area contributed by atoms with Crippen LogP contribution in [-0.2, 0) is 6.42 Å². The van der Waals surface area contributed by atoms with Gasteiger partial charge in [-0.1, -0.05) is 35.0 Å². The Labute approximate surface area is 111 Å². The van der Waals surface area contributed by atoms with Crippen molar-refractivity contribution in [3.63, 3.8) is 0 Å². The zero-order valence-corrected chi connectivity index (χ0v) is 12.1. The minimum absolute atomic E-state index is 0.288. The normalized spacial score (nSPS) is 12.7. The molecule has 0 fully saturated rings. The highest BCUT2D eigenvalue weighted by Gasteiger charge is 2.08. The predicted molar refractivity (Wildman–Crippen MR) is 76.0 cm³/mol. The molecule has 0 aromatic heterocycles. The topological polar surface area (TPSA) is 20.2 Å². The van der Waals surface area contributed by atoms with Crippen molar-refractivity contribution in [2.75, 3.05) is 18.1 Å². The highest BCUT2D eigenvalue weighted by Crippen LogP contribution is 2.18. The van der Waals surface area contributed by atoms with Crippen LogP contribution in [0.15, 0.2) is 28.7 Å². The number of aliphatic hydroxyl groups is 1. The van der Waals surface area contributed by atoms with Crippen molar-refractivity contribution in [3.8, 4) is 0 Å². The summed E-state index contributed by atoms with van der Waals surface area (Å²) in [7, 11) is 0. The second-order valence-electron chi connectivity index (χ2n) is 3.87. The highest BCUT2D eigenvalue weighted by atomic mass is 79.9. The summed E-state index contributed by atoms with van der Waals surface area (Å²) in [6, 6.07) is 8.34. The van der Waals surface area contributed by atoms with Crippen molar-refractivity contribution in [1.29, 1.82) is 0 Å². The van der Waals surface area contributed by atoms with E-state index in [4.69, 9.17) is 0 Å². The van der Waals surface area contributed by atoms with Gasteiger partial charge < -0.3 is 5.11 Å². The van der Waals surface area contributed by atoms with E-state index in [0.29, 0.717) is 5.92 Å². The molecule has 0 saturated heterocycles. The van der Waals surface area contributed by atoms with E-state index >= 15 is 0 Å². The number of benzene rings is 1. The zero-order valence-electron chi connectivity index (χ0n) is 9.66. The number of halogens is 1. The fraction of sp³-hybridized carbons (Fsp3) is 0.538. The largest absolute Gasteiger partial charge is 0.396 e. The molecule has 1 atom stereocenters. The van der Waals surface area contributed by atoms with Crippen LogP contribution in [0.1, 0.15) is 18.9 Å². The van der Waals surface area contributed by atoms with Gasteiger partial charge in [0.1, 0.15) is 0 Å². The molecule has 0 heterocycles. The first-order valence-corrected chi connectivity index (χ1v) is 7.64. The molecule has 3 heteroatoms. The second-order valence-corrected chi connectivity index (χ2v) is 6.18. The van der Waals surface area contributed by atoms with Crippen molar-refractivity contribution >= 4 is 27.7 Å². The van der Waals surface area contributed by atoms with Gasteiger partial charge in [-0.15, -0.1) is 0 Å². The fourth-order valence-electron chi connectivity index (χ4n) is 1.65. The molecule has 1 rings (SSSR count). The quantitative estimate of drug-likeness (QED) is 0.774. The van der Waals surface area contributed by atoms with Crippen molar-refractivity contribution in [1.82, 2.24) is 0 Å². The van der Waals surface area contributed by atoms with Crippen LogP contribution in [0, 0.1) is 5.92 Å². The van der Waals surface area contributed by atoms with Gasteiger partial charge in [-0.3, -0.25) is 0 Å². The molecule has 1 aromatic carbocycles. The van der Waals surface area contributed by atoms with Crippen LogP contribution >= 0.6 is 27.7 Å². The van der Waals surface area contributed by atoms with Crippen LogP contribution < -0.4 is 0 Å². The second kappa shape index (κ2) is 8.15. The van der Waals surface area contributed by atoms with Gasteiger partial charge in [0.2, 0.25) is 0 Å². The van der Waals surface area contributed by atoms with Gasteiger partial charge in [-0.05, 0) is 48.0 Å². The zero-order chi connectivity index (χ0) is 11.8. The SMILES string of the molecule is CCSCCC(CO)Cc1cccc(Br)c1. The van der Waals surface area contributed by atoms with Gasteiger partial charge >= 0.3 is 0 Å². The van der Waals surface area contributed by atoms with Crippen LogP contribution in [0.2, 0.25) is 0 Å². The smallest absolute Gasteiger partial charge is 0.0462 e. The van der Waals surface area contributed by atoms with Crippen molar-refractivity contribution in [2.24, 2.45) is 5.92 Å². The summed E-state index contributed by atoms with van der Waals surface area (Å²) < 4.78 is 1.12. The third kappa shape index (κ3) is 5.37. The van der Waals surface area contributed by atoms with Crippen molar-refractivity contribution in [2.45, 2.75) is 19.8 Å². The average Bonchev–Trinajstić information content (AvgIpc) is 2.28. The Kier molecular flexibility index (Phi) is 7.17. The first-order valence-electron chi connectivity index (χ1n) is 5.69. The van der Waals surface area contributed by atoms with Gasteiger partial charge in [0, 0.05) is 11.1 Å². The van der Waals surface area contributed by atoms with E-state index in [1.165, 1.54) is 5.56 Å². The Morgan fingerprint density at radius 2 is 2.25 bits per heavy atom. The average molecular weight is 303 g/mol. The number of aliphatic hydroxyl groups excluding tert-OH is 1. The van der Waals surface area contributed by atoms with Crippen molar-refractivity contribution in [3.05, 3.63) is 34.3 Å². The molecule has 1 N–H and O–H groups in total. The van der Waals surface area contributed by atoms with Gasteiger partial charge in [0.25, 0.3) is 0 Å². The number of hydrogen-bond donors (Lipinski definition) is 1. The van der Waals surface area contributed by atoms with Crippen molar-refractivity contribution < 1.29 is 5.11 Å². The minimum atomic E-state index is 0.288. The lowest BCUT2D eigenvalue weighted by Gasteiger charge is -2.13. The minimum Gasteiger partial charge on any atom is -0.396 e. The van der Waals surface area contributed by atoms with E-state index in [0.717, 1.165) is 28.8 Å². The molecule has 0 radical (unpaired) electrons. The molecule has 0 bridgehead atoms. The third-order valence-electron chi connectivity index (χ3n) is 2.55. The summed E-state index contributed by atoms with van der Waals surface area (Å²) in [5.41, 5.74) is 1.30. The van der Waals surface area contributed by atoms with Crippen LogP contribution in [0.4, 0.5) is 0 Å². The summed E-state index contributed by atoms with van der Waals surface area (Å²) >= 11 is 5.42. The molecular weight excluding hydrogens is 284 g/mol. The Bertz CT molecular complexity index is 304. The lowest BCUT2D eigenvalue weighted by atomic mass is 9.98. The van der Waals surface area contributed by atoms with Crippen LogP contribution in [0.25, 0.3) is 0 Å². The number of hydrogen-bond acceptors (Lipinski definition) is 2. The molecule has 1 aromatic rings. The summed E-state index contributed by atoms with van der Waals surface area (Å²) in [5.74, 6) is 2.71. The maximum absolute atomic E-state index is 9.34. The van der Waals surface area contributed by atoms with E-state index in [-0.39, 0.29) is 6.61 Å². The molecule has 0 aliphatic heterocycles. The molecule has 16 heavy (non-hydrogen) atoms. The van der Waals surface area contributed by atoms with E-state index in [1.807, 2.05) is 17.8 Å². The summed E-state index contributed by atoms with van der Waals surface area (Å²) in [6.07, 6.45) is 2.07. The highest BCUT2D eigenvalue weighted by molar-refractivity contribution is 9.10. The third-order valence-corrected chi connectivity index (χ3v) is 3.97. The standard InChI is InChI=1S/C13H19BrOS/c1-2-16-7-6-12(10-15)8-11-4-3-5-13(14)9-11/h3-5,9,12,15H,2,6-8,10H2,1H3. The van der Waals surface area contributed by atoms with Crippen LogP contribution in [0.5, 0.6) is 0 Å². The molecule has 1 unspecified atom stereocenters. The Hall–Kier alpha value is 0.01000. The molecule has 0 spiro atoms. The molecule has 90 valence electrons. The number of rotatable bonds is 7. The van der Waals surface area contributed by atoms with E-state index < -0.39 is 0 Å².